The predicted molar refractivity (Wildman–Crippen MR) is 68.9 cm³/mol. The monoisotopic (exact) mass is 232 g/mol. The van der Waals surface area contributed by atoms with Crippen LogP contribution in [0.3, 0.4) is 0 Å². The van der Waals surface area contributed by atoms with Crippen molar-refractivity contribution >= 4 is 11.3 Å². The van der Waals surface area contributed by atoms with Crippen molar-refractivity contribution in [1.82, 2.24) is 0 Å². The van der Waals surface area contributed by atoms with Crippen molar-refractivity contribution in [1.29, 1.82) is 0 Å². The summed E-state index contributed by atoms with van der Waals surface area (Å²) in [5.41, 5.74) is 2.50. The molecule has 0 spiro atoms. The van der Waals surface area contributed by atoms with Crippen molar-refractivity contribution < 1.29 is 5.11 Å². The third-order valence-corrected chi connectivity index (χ3v) is 3.63. The lowest BCUT2D eigenvalue weighted by atomic mass is 10.0. The van der Waals surface area contributed by atoms with Crippen LogP contribution in [0, 0.1) is 6.92 Å². The van der Waals surface area contributed by atoms with Crippen LogP contribution in [0.25, 0.3) is 0 Å². The molecule has 0 fully saturated rings. The molecule has 1 aromatic heterocycles. The average Bonchev–Trinajstić information content (AvgIpc) is 2.74. The molecule has 0 aliphatic rings. The van der Waals surface area contributed by atoms with Crippen molar-refractivity contribution in [2.24, 2.45) is 0 Å². The minimum Gasteiger partial charge on any atom is -0.392 e. The zero-order valence-corrected chi connectivity index (χ0v) is 10.2. The summed E-state index contributed by atoms with van der Waals surface area (Å²) in [6.45, 7) is 2.09. The highest BCUT2D eigenvalue weighted by Gasteiger charge is 2.08. The molecule has 1 atom stereocenters. The first-order valence-electron chi connectivity index (χ1n) is 5.50. The van der Waals surface area contributed by atoms with Gasteiger partial charge in [-0.2, -0.15) is 0 Å². The Labute approximate surface area is 100 Å². The van der Waals surface area contributed by atoms with Gasteiger partial charge in [0.05, 0.1) is 6.10 Å². The smallest absolute Gasteiger partial charge is 0.0628 e. The molecule has 0 radical (unpaired) electrons. The van der Waals surface area contributed by atoms with Gasteiger partial charge in [0.15, 0.2) is 0 Å². The summed E-state index contributed by atoms with van der Waals surface area (Å²) in [5.74, 6) is 0. The maximum atomic E-state index is 10.0. The van der Waals surface area contributed by atoms with Crippen LogP contribution in [0.2, 0.25) is 0 Å². The first-order chi connectivity index (χ1) is 7.75. The number of benzene rings is 1. The van der Waals surface area contributed by atoms with Gasteiger partial charge >= 0.3 is 0 Å². The van der Waals surface area contributed by atoms with E-state index < -0.39 is 0 Å². The fourth-order valence-electron chi connectivity index (χ4n) is 1.83. The number of aliphatic hydroxyl groups excluding tert-OH is 1. The van der Waals surface area contributed by atoms with Crippen molar-refractivity contribution in [3.63, 3.8) is 0 Å². The quantitative estimate of drug-likeness (QED) is 0.858. The molecule has 1 unspecified atom stereocenters. The number of aliphatic hydroxyl groups is 1. The Bertz CT molecular complexity index is 434. The molecule has 1 N–H and O–H groups in total. The van der Waals surface area contributed by atoms with Gasteiger partial charge in [-0.05, 0) is 35.9 Å². The Kier molecular flexibility index (Phi) is 3.75. The van der Waals surface area contributed by atoms with Gasteiger partial charge in [0, 0.05) is 11.3 Å². The summed E-state index contributed by atoms with van der Waals surface area (Å²) in [7, 11) is 0. The lowest BCUT2D eigenvalue weighted by Gasteiger charge is -2.11. The zero-order chi connectivity index (χ0) is 11.4. The summed E-state index contributed by atoms with van der Waals surface area (Å²) in [6, 6.07) is 12.3. The Hall–Kier alpha value is -1.12. The topological polar surface area (TPSA) is 20.2 Å². The van der Waals surface area contributed by atoms with E-state index in [9.17, 15) is 5.11 Å². The lowest BCUT2D eigenvalue weighted by Crippen LogP contribution is -2.13. The van der Waals surface area contributed by atoms with E-state index in [4.69, 9.17) is 0 Å². The van der Waals surface area contributed by atoms with Crippen LogP contribution in [0.15, 0.2) is 41.8 Å². The molecule has 16 heavy (non-hydrogen) atoms. The van der Waals surface area contributed by atoms with Crippen LogP contribution >= 0.6 is 11.3 Å². The summed E-state index contributed by atoms with van der Waals surface area (Å²) >= 11 is 1.71. The minimum absolute atomic E-state index is 0.278. The molecule has 0 aliphatic heterocycles. The average molecular weight is 232 g/mol. The second-order valence-corrected chi connectivity index (χ2v) is 5.10. The van der Waals surface area contributed by atoms with Gasteiger partial charge in [0.2, 0.25) is 0 Å². The Morgan fingerprint density at radius 1 is 1.12 bits per heavy atom. The van der Waals surface area contributed by atoms with E-state index in [-0.39, 0.29) is 6.10 Å². The van der Waals surface area contributed by atoms with E-state index in [0.717, 1.165) is 12.8 Å². The molecule has 0 saturated heterocycles. The second-order valence-electron chi connectivity index (χ2n) is 4.07. The van der Waals surface area contributed by atoms with E-state index in [2.05, 4.69) is 30.5 Å². The minimum atomic E-state index is -0.278. The maximum absolute atomic E-state index is 10.0. The Balaban J connectivity index is 1.97. The molecule has 1 nitrogen and oxygen atoms in total. The third-order valence-electron chi connectivity index (χ3n) is 2.73. The summed E-state index contributed by atoms with van der Waals surface area (Å²) in [4.78, 5) is 1.25. The Morgan fingerprint density at radius 2 is 1.94 bits per heavy atom. The van der Waals surface area contributed by atoms with Crippen LogP contribution in [-0.4, -0.2) is 11.2 Å². The molecule has 84 valence electrons. The fraction of sp³-hybridized carbons (Fsp3) is 0.286. The SMILES string of the molecule is Cc1ccccc1CC(O)Cc1cccs1. The number of rotatable bonds is 4. The van der Waals surface area contributed by atoms with Crippen molar-refractivity contribution in [2.45, 2.75) is 25.9 Å². The van der Waals surface area contributed by atoms with Gasteiger partial charge in [-0.3, -0.25) is 0 Å². The highest BCUT2D eigenvalue weighted by atomic mass is 32.1. The van der Waals surface area contributed by atoms with Gasteiger partial charge in [0.1, 0.15) is 0 Å². The molecule has 1 heterocycles. The third kappa shape index (κ3) is 2.94. The van der Waals surface area contributed by atoms with E-state index >= 15 is 0 Å². The van der Waals surface area contributed by atoms with Crippen LogP contribution in [0.5, 0.6) is 0 Å². The molecule has 0 saturated carbocycles. The van der Waals surface area contributed by atoms with E-state index in [1.807, 2.05) is 18.2 Å². The van der Waals surface area contributed by atoms with Crippen molar-refractivity contribution in [3.8, 4) is 0 Å². The van der Waals surface area contributed by atoms with Gasteiger partial charge in [0.25, 0.3) is 0 Å². The molecular weight excluding hydrogens is 216 g/mol. The molecule has 0 bridgehead atoms. The Morgan fingerprint density at radius 3 is 2.62 bits per heavy atom. The summed E-state index contributed by atoms with van der Waals surface area (Å²) in [6.07, 6.45) is 1.22. The predicted octanol–water partition coefficient (Wildman–Crippen LogP) is 3.20. The first kappa shape index (κ1) is 11.4. The van der Waals surface area contributed by atoms with Crippen LogP contribution in [0.4, 0.5) is 0 Å². The highest BCUT2D eigenvalue weighted by Crippen LogP contribution is 2.15. The number of thiophene rings is 1. The molecule has 0 aliphatic carbocycles. The maximum Gasteiger partial charge on any atom is 0.0628 e. The van der Waals surface area contributed by atoms with Gasteiger partial charge in [-0.15, -0.1) is 11.3 Å². The molecule has 0 amide bonds. The van der Waals surface area contributed by atoms with Crippen molar-refractivity contribution in [2.75, 3.05) is 0 Å². The van der Waals surface area contributed by atoms with Gasteiger partial charge < -0.3 is 5.11 Å². The zero-order valence-electron chi connectivity index (χ0n) is 9.39. The van der Waals surface area contributed by atoms with E-state index in [1.54, 1.807) is 11.3 Å². The summed E-state index contributed by atoms with van der Waals surface area (Å²) in [5, 5.41) is 12.1. The van der Waals surface area contributed by atoms with Crippen LogP contribution < -0.4 is 0 Å². The molecule has 2 rings (SSSR count). The van der Waals surface area contributed by atoms with Gasteiger partial charge in [-0.1, -0.05) is 30.3 Å². The molecule has 1 aromatic carbocycles. The second kappa shape index (κ2) is 5.28. The number of hydrogen-bond donors (Lipinski definition) is 1. The lowest BCUT2D eigenvalue weighted by molar-refractivity contribution is 0.176. The number of hydrogen-bond acceptors (Lipinski definition) is 2. The van der Waals surface area contributed by atoms with Gasteiger partial charge in [-0.25, -0.2) is 0 Å². The van der Waals surface area contributed by atoms with E-state index in [0.29, 0.717) is 0 Å². The highest BCUT2D eigenvalue weighted by molar-refractivity contribution is 7.09. The largest absolute Gasteiger partial charge is 0.392 e. The standard InChI is InChI=1S/C14H16OS/c1-11-5-2-3-6-12(11)9-13(15)10-14-7-4-8-16-14/h2-8,13,15H,9-10H2,1H3. The summed E-state index contributed by atoms with van der Waals surface area (Å²) < 4.78 is 0. The fourth-order valence-corrected chi connectivity index (χ4v) is 2.60. The molecule has 2 aromatic rings. The first-order valence-corrected chi connectivity index (χ1v) is 6.38. The normalized spacial score (nSPS) is 12.6. The van der Waals surface area contributed by atoms with E-state index in [1.165, 1.54) is 16.0 Å². The van der Waals surface area contributed by atoms with Crippen LogP contribution in [0.1, 0.15) is 16.0 Å². The van der Waals surface area contributed by atoms with Crippen molar-refractivity contribution in [3.05, 3.63) is 57.8 Å². The molecular formula is C14H16OS. The molecule has 2 heteroatoms. The number of aryl methyl sites for hydroxylation is 1. The van der Waals surface area contributed by atoms with Crippen LogP contribution in [-0.2, 0) is 12.8 Å².